The first kappa shape index (κ1) is 22.9. The number of thiazole rings is 1. The number of ketones is 1. The fourth-order valence-electron chi connectivity index (χ4n) is 4.95. The molecule has 8 nitrogen and oxygen atoms in total. The number of nitrogens with zero attached hydrogens (tertiary/aromatic N) is 2. The van der Waals surface area contributed by atoms with E-state index < -0.39 is 10.8 Å². The molecule has 2 N–H and O–H groups in total. The smallest absolute Gasteiger partial charge is 0.269 e. The summed E-state index contributed by atoms with van der Waals surface area (Å²) < 4.78 is 0.955. The van der Waals surface area contributed by atoms with Crippen molar-refractivity contribution in [2.75, 3.05) is 5.32 Å². The van der Waals surface area contributed by atoms with E-state index in [2.05, 4.69) is 15.6 Å². The monoisotopic (exact) mass is 488 g/mol. The quantitative estimate of drug-likeness (QED) is 0.373. The highest BCUT2D eigenvalue weighted by Crippen LogP contribution is 2.47. The highest BCUT2D eigenvalue weighted by Gasteiger charge is 2.42. The van der Waals surface area contributed by atoms with Gasteiger partial charge in [0.25, 0.3) is 11.6 Å². The van der Waals surface area contributed by atoms with Crippen LogP contribution in [0.4, 0.5) is 10.8 Å². The Labute approximate surface area is 205 Å². The number of carbonyl (C=O) groups is 2. The van der Waals surface area contributed by atoms with Crippen LogP contribution in [0.1, 0.15) is 45.1 Å². The fourth-order valence-corrected chi connectivity index (χ4v) is 5.81. The number of nitrogens with one attached hydrogen (secondary N) is 2. The number of hydrogen-bond acceptors (Lipinski definition) is 7. The summed E-state index contributed by atoms with van der Waals surface area (Å²) in [6, 6.07) is 13.7. The van der Waals surface area contributed by atoms with Crippen LogP contribution in [0.25, 0.3) is 10.2 Å². The van der Waals surface area contributed by atoms with E-state index in [1.807, 2.05) is 45.0 Å². The Balaban J connectivity index is 1.58. The molecule has 2 heterocycles. The van der Waals surface area contributed by atoms with Crippen molar-refractivity contribution in [1.82, 2.24) is 10.3 Å². The van der Waals surface area contributed by atoms with Gasteiger partial charge in [0, 0.05) is 47.0 Å². The lowest BCUT2D eigenvalue weighted by atomic mass is 9.68. The van der Waals surface area contributed by atoms with Gasteiger partial charge in [0.1, 0.15) is 0 Å². The lowest BCUT2D eigenvalue weighted by Crippen LogP contribution is -2.39. The van der Waals surface area contributed by atoms with Gasteiger partial charge < -0.3 is 5.32 Å². The van der Waals surface area contributed by atoms with Gasteiger partial charge in [-0.1, -0.05) is 49.4 Å². The molecule has 1 aliphatic heterocycles. The van der Waals surface area contributed by atoms with E-state index in [-0.39, 0.29) is 22.8 Å². The summed E-state index contributed by atoms with van der Waals surface area (Å²) in [7, 11) is 0. The summed E-state index contributed by atoms with van der Waals surface area (Å²) in [6.07, 6.45) is 1.03. The van der Waals surface area contributed by atoms with Crippen LogP contribution >= 0.6 is 11.3 Å². The summed E-state index contributed by atoms with van der Waals surface area (Å²) in [5.74, 6) is -1.02. The highest BCUT2D eigenvalue weighted by atomic mass is 32.1. The standard InChI is InChI=1S/C26H24N4O4S/c1-14-21(24(32)29-25-28-17-6-4-5-7-20(17)35-25)22(15-8-10-16(11-9-15)30(33)34)23-18(27-14)12-26(2,3)13-19(23)31/h4-11,22,27H,12-13H2,1-3H3,(H,28,29,32)/t22-/m1/s1. The van der Waals surface area contributed by atoms with Gasteiger partial charge in [-0.3, -0.25) is 25.0 Å². The van der Waals surface area contributed by atoms with Crippen LogP contribution < -0.4 is 10.6 Å². The van der Waals surface area contributed by atoms with Crippen molar-refractivity contribution in [3.8, 4) is 0 Å². The Hall–Kier alpha value is -3.85. The Morgan fingerprint density at radius 2 is 1.89 bits per heavy atom. The summed E-state index contributed by atoms with van der Waals surface area (Å²) in [5, 5.41) is 17.9. The third kappa shape index (κ3) is 4.23. The number of para-hydroxylation sites is 1. The number of fused-ring (bicyclic) bond motifs is 1. The Morgan fingerprint density at radius 3 is 2.57 bits per heavy atom. The maximum Gasteiger partial charge on any atom is 0.269 e. The Morgan fingerprint density at radius 1 is 1.17 bits per heavy atom. The van der Waals surface area contributed by atoms with Gasteiger partial charge in [-0.25, -0.2) is 4.98 Å². The second-order valence-electron chi connectivity index (χ2n) is 9.72. The topological polar surface area (TPSA) is 114 Å². The van der Waals surface area contributed by atoms with Crippen LogP contribution in [0.15, 0.2) is 71.1 Å². The molecule has 0 unspecified atom stereocenters. The van der Waals surface area contributed by atoms with E-state index in [9.17, 15) is 19.7 Å². The number of amides is 1. The largest absolute Gasteiger partial charge is 0.362 e. The van der Waals surface area contributed by atoms with Gasteiger partial charge in [-0.2, -0.15) is 0 Å². The zero-order chi connectivity index (χ0) is 24.9. The molecule has 0 fully saturated rings. The van der Waals surface area contributed by atoms with Crippen molar-refractivity contribution in [3.63, 3.8) is 0 Å². The second-order valence-corrected chi connectivity index (χ2v) is 10.8. The van der Waals surface area contributed by atoms with Gasteiger partial charge in [0.15, 0.2) is 10.9 Å². The fraction of sp³-hybridized carbons (Fsp3) is 0.269. The van der Waals surface area contributed by atoms with Crippen molar-refractivity contribution in [3.05, 3.63) is 86.7 Å². The number of hydrogen-bond donors (Lipinski definition) is 2. The molecule has 35 heavy (non-hydrogen) atoms. The number of aromatic nitrogens is 1. The first-order valence-corrected chi connectivity index (χ1v) is 12.1. The lowest BCUT2D eigenvalue weighted by molar-refractivity contribution is -0.384. The van der Waals surface area contributed by atoms with Crippen molar-refractivity contribution < 1.29 is 14.5 Å². The van der Waals surface area contributed by atoms with Crippen LogP contribution in [0.5, 0.6) is 0 Å². The molecule has 9 heteroatoms. The van der Waals surface area contributed by atoms with E-state index in [0.717, 1.165) is 15.9 Å². The minimum absolute atomic E-state index is 0.0233. The number of benzene rings is 2. The zero-order valence-corrected chi connectivity index (χ0v) is 20.4. The summed E-state index contributed by atoms with van der Waals surface area (Å²) >= 11 is 1.38. The first-order valence-electron chi connectivity index (χ1n) is 11.3. The van der Waals surface area contributed by atoms with E-state index in [1.165, 1.54) is 23.5 Å². The number of dihydropyridines is 1. The lowest BCUT2D eigenvalue weighted by Gasteiger charge is -2.39. The zero-order valence-electron chi connectivity index (χ0n) is 19.5. The predicted molar refractivity (Wildman–Crippen MR) is 135 cm³/mol. The number of nitro groups is 1. The molecule has 0 saturated carbocycles. The van der Waals surface area contributed by atoms with Crippen LogP contribution in [-0.2, 0) is 9.59 Å². The van der Waals surface area contributed by atoms with Crippen LogP contribution in [0.2, 0.25) is 0 Å². The third-order valence-electron chi connectivity index (χ3n) is 6.44. The van der Waals surface area contributed by atoms with E-state index in [0.29, 0.717) is 40.4 Å². The normalized spacial score (nSPS) is 19.4. The molecule has 178 valence electrons. The van der Waals surface area contributed by atoms with Crippen LogP contribution in [0, 0.1) is 15.5 Å². The SMILES string of the molecule is CC1=C(C(=O)Nc2nc3ccccc3s2)[C@@H](c2ccc([N+](=O)[O-])cc2)C2=C(CC(C)(C)CC2=O)N1. The first-order chi connectivity index (χ1) is 16.6. The number of allylic oxidation sites excluding steroid dienone is 3. The number of carbonyl (C=O) groups excluding carboxylic acids is 2. The number of Topliss-reactive ketones (excluding diaryl/α,β-unsaturated/α-hetero) is 1. The Kier molecular flexibility index (Phi) is 5.52. The van der Waals surface area contributed by atoms with Gasteiger partial charge >= 0.3 is 0 Å². The molecule has 0 bridgehead atoms. The summed E-state index contributed by atoms with van der Waals surface area (Å²) in [5.41, 5.74) is 3.62. The van der Waals surface area contributed by atoms with E-state index in [4.69, 9.17) is 0 Å². The second kappa shape index (κ2) is 8.42. The summed E-state index contributed by atoms with van der Waals surface area (Å²) in [4.78, 5) is 42.3. The van der Waals surface area contributed by atoms with Gasteiger partial charge in [-0.05, 0) is 36.5 Å². The van der Waals surface area contributed by atoms with Gasteiger partial charge in [0.2, 0.25) is 0 Å². The maximum atomic E-state index is 13.6. The van der Waals surface area contributed by atoms with Crippen molar-refractivity contribution >= 4 is 44.1 Å². The molecule has 2 aromatic carbocycles. The molecule has 2 aliphatic rings. The number of non-ortho nitro benzene ring substituents is 1. The number of anilines is 1. The third-order valence-corrected chi connectivity index (χ3v) is 7.39. The maximum absolute atomic E-state index is 13.6. The van der Waals surface area contributed by atoms with Crippen molar-refractivity contribution in [2.45, 2.75) is 39.5 Å². The Bertz CT molecular complexity index is 1420. The van der Waals surface area contributed by atoms with Crippen molar-refractivity contribution in [1.29, 1.82) is 0 Å². The molecule has 0 radical (unpaired) electrons. The highest BCUT2D eigenvalue weighted by molar-refractivity contribution is 7.22. The van der Waals surface area contributed by atoms with E-state index in [1.54, 1.807) is 12.1 Å². The molecule has 1 atom stereocenters. The number of rotatable bonds is 4. The van der Waals surface area contributed by atoms with Crippen molar-refractivity contribution in [2.24, 2.45) is 5.41 Å². The van der Waals surface area contributed by atoms with Crippen LogP contribution in [-0.4, -0.2) is 21.6 Å². The molecule has 3 aromatic rings. The van der Waals surface area contributed by atoms with E-state index >= 15 is 0 Å². The van der Waals surface area contributed by atoms with Gasteiger partial charge in [0.05, 0.1) is 15.1 Å². The summed E-state index contributed by atoms with van der Waals surface area (Å²) in [6.45, 7) is 5.92. The number of nitro benzene ring substituents is 1. The predicted octanol–water partition coefficient (Wildman–Crippen LogP) is 5.45. The molecule has 0 saturated heterocycles. The molecule has 5 rings (SSSR count). The average molecular weight is 489 g/mol. The molecular weight excluding hydrogens is 464 g/mol. The van der Waals surface area contributed by atoms with Gasteiger partial charge in [-0.15, -0.1) is 0 Å². The molecule has 1 aromatic heterocycles. The molecular formula is C26H24N4O4S. The minimum atomic E-state index is -0.634. The minimum Gasteiger partial charge on any atom is -0.362 e. The molecule has 0 spiro atoms. The molecule has 1 aliphatic carbocycles. The average Bonchev–Trinajstić information content (AvgIpc) is 3.19. The molecule has 1 amide bonds. The van der Waals surface area contributed by atoms with Crippen LogP contribution in [0.3, 0.4) is 0 Å².